The summed E-state index contributed by atoms with van der Waals surface area (Å²) in [6.45, 7) is 2.75. The van der Waals surface area contributed by atoms with Crippen molar-refractivity contribution < 1.29 is 41.0 Å². The Morgan fingerprint density at radius 2 is 1.87 bits per heavy atom. The molecule has 0 spiro atoms. The molecule has 47 heavy (non-hydrogen) atoms. The Bertz CT molecular complexity index is 1320. The number of oxime groups is 1. The summed E-state index contributed by atoms with van der Waals surface area (Å²) in [5, 5.41) is 19.0. The fourth-order valence-corrected chi connectivity index (χ4v) is 6.80. The Labute approximate surface area is 273 Å². The van der Waals surface area contributed by atoms with Crippen LogP contribution in [0, 0.1) is 23.7 Å². The molecule has 5 nitrogen and oxygen atoms in total. The van der Waals surface area contributed by atoms with Crippen LogP contribution in [0.3, 0.4) is 0 Å². The number of rotatable bonds is 15. The van der Waals surface area contributed by atoms with E-state index in [9.17, 15) is 31.4 Å². The second-order valence-corrected chi connectivity index (χ2v) is 12.8. The molecular formula is C36H46F6N2O3. The first kappa shape index (κ1) is 36.9. The van der Waals surface area contributed by atoms with Crippen molar-refractivity contribution in [2.24, 2.45) is 28.8 Å². The summed E-state index contributed by atoms with van der Waals surface area (Å²) in [4.78, 5) is 5.17. The molecule has 0 bridgehead atoms. The van der Waals surface area contributed by atoms with Gasteiger partial charge in [-0.1, -0.05) is 78.4 Å². The number of halogens is 6. The van der Waals surface area contributed by atoms with Crippen molar-refractivity contribution in [3.8, 4) is 0 Å². The van der Waals surface area contributed by atoms with Crippen LogP contribution in [0.25, 0.3) is 0 Å². The van der Waals surface area contributed by atoms with Crippen LogP contribution in [0.4, 0.5) is 26.3 Å². The number of hydrogen-bond donors (Lipinski definition) is 2. The summed E-state index contributed by atoms with van der Waals surface area (Å²) in [5.41, 5.74) is 1.65. The highest BCUT2D eigenvalue weighted by Crippen LogP contribution is 2.43. The smallest absolute Gasteiger partial charge is 0.399 e. The van der Waals surface area contributed by atoms with Crippen molar-refractivity contribution in [2.45, 2.75) is 76.2 Å². The van der Waals surface area contributed by atoms with E-state index in [0.717, 1.165) is 30.4 Å². The lowest BCUT2D eigenvalue weighted by Crippen LogP contribution is -2.35. The average molecular weight is 669 g/mol. The number of hydrogen-bond acceptors (Lipinski definition) is 5. The minimum atomic E-state index is -4.83. The molecule has 0 amide bonds. The molecule has 0 aliphatic heterocycles. The molecule has 0 heterocycles. The number of alkyl halides is 6. The lowest BCUT2D eigenvalue weighted by Gasteiger charge is -2.31. The quantitative estimate of drug-likeness (QED) is 0.0604. The molecule has 0 radical (unpaired) electrons. The van der Waals surface area contributed by atoms with E-state index < -0.39 is 48.2 Å². The van der Waals surface area contributed by atoms with E-state index in [-0.39, 0.29) is 25.0 Å². The van der Waals surface area contributed by atoms with Crippen molar-refractivity contribution in [3.05, 3.63) is 83.1 Å². The van der Waals surface area contributed by atoms with Crippen LogP contribution in [0.1, 0.15) is 58.3 Å². The molecule has 0 aromatic rings. The molecule has 4 rings (SSSR count). The topological polar surface area (TPSA) is 63.1 Å². The lowest BCUT2D eigenvalue weighted by molar-refractivity contribution is -0.170. The minimum Gasteiger partial charge on any atom is -0.399 e. The van der Waals surface area contributed by atoms with Crippen molar-refractivity contribution >= 4 is 5.71 Å². The normalized spacial score (nSPS) is 25.3. The second-order valence-electron chi connectivity index (χ2n) is 12.8. The summed E-state index contributed by atoms with van der Waals surface area (Å²) in [6, 6.07) is 0. The van der Waals surface area contributed by atoms with Gasteiger partial charge in [0, 0.05) is 17.4 Å². The average Bonchev–Trinajstić information content (AvgIpc) is 3.05. The van der Waals surface area contributed by atoms with E-state index in [1.54, 1.807) is 0 Å². The SMILES string of the molecule is CCC(O)(CCNCCC(C1=CC=C2C=CC=CC2C1)/C(COCC1CC(C(F)(F)F)=CC(C(F)(F)F)C1)=N/OC)C1=CCCC=C1. The number of aliphatic hydroxyl groups is 1. The van der Waals surface area contributed by atoms with Crippen LogP contribution in [0.5, 0.6) is 0 Å². The zero-order valence-corrected chi connectivity index (χ0v) is 27.0. The van der Waals surface area contributed by atoms with Crippen LogP contribution < -0.4 is 5.32 Å². The van der Waals surface area contributed by atoms with E-state index in [2.05, 4.69) is 46.9 Å². The number of nitrogens with zero attached hydrogens (tertiary/aromatic N) is 1. The Morgan fingerprint density at radius 1 is 1.06 bits per heavy atom. The molecule has 0 aromatic carbocycles. The summed E-state index contributed by atoms with van der Waals surface area (Å²) in [7, 11) is 1.40. The van der Waals surface area contributed by atoms with E-state index in [1.165, 1.54) is 12.7 Å². The van der Waals surface area contributed by atoms with E-state index in [0.29, 0.717) is 44.1 Å². The van der Waals surface area contributed by atoms with E-state index in [4.69, 9.17) is 9.57 Å². The van der Waals surface area contributed by atoms with Crippen LogP contribution in [-0.2, 0) is 9.57 Å². The fourth-order valence-electron chi connectivity index (χ4n) is 6.80. The molecule has 4 aliphatic carbocycles. The Kier molecular flexibility index (Phi) is 13.0. The lowest BCUT2D eigenvalue weighted by atomic mass is 9.78. The number of fused-ring (bicyclic) bond motifs is 1. The van der Waals surface area contributed by atoms with Gasteiger partial charge in [-0.3, -0.25) is 0 Å². The predicted molar refractivity (Wildman–Crippen MR) is 172 cm³/mol. The van der Waals surface area contributed by atoms with Crippen LogP contribution in [0.15, 0.2) is 88.2 Å². The third-order valence-corrected chi connectivity index (χ3v) is 9.50. The monoisotopic (exact) mass is 668 g/mol. The third-order valence-electron chi connectivity index (χ3n) is 9.50. The van der Waals surface area contributed by atoms with Gasteiger partial charge in [-0.15, -0.1) is 0 Å². The van der Waals surface area contributed by atoms with Gasteiger partial charge in [-0.05, 0) is 81.5 Å². The third kappa shape index (κ3) is 10.3. The maximum atomic E-state index is 13.5. The second kappa shape index (κ2) is 16.5. The Hall–Kier alpha value is -2.89. The molecule has 11 heteroatoms. The molecule has 2 N–H and O–H groups in total. The van der Waals surface area contributed by atoms with Crippen LogP contribution in [-0.4, -0.2) is 62.2 Å². The van der Waals surface area contributed by atoms with Crippen molar-refractivity contribution in [3.63, 3.8) is 0 Å². The van der Waals surface area contributed by atoms with Crippen LogP contribution >= 0.6 is 0 Å². The summed E-state index contributed by atoms with van der Waals surface area (Å²) >= 11 is 0. The summed E-state index contributed by atoms with van der Waals surface area (Å²) in [5.74, 6) is -3.18. The molecule has 4 aliphatic rings. The number of nitrogens with one attached hydrogen (secondary N) is 1. The molecule has 5 unspecified atom stereocenters. The van der Waals surface area contributed by atoms with Crippen molar-refractivity contribution in [1.82, 2.24) is 5.32 Å². The van der Waals surface area contributed by atoms with Crippen molar-refractivity contribution in [2.75, 3.05) is 33.4 Å². The highest BCUT2D eigenvalue weighted by molar-refractivity contribution is 5.90. The van der Waals surface area contributed by atoms with Gasteiger partial charge >= 0.3 is 12.4 Å². The molecule has 0 saturated heterocycles. The fraction of sp³-hybridized carbons (Fsp3) is 0.583. The molecule has 0 fully saturated rings. The van der Waals surface area contributed by atoms with Gasteiger partial charge in [-0.2, -0.15) is 26.3 Å². The molecule has 0 aromatic heterocycles. The largest absolute Gasteiger partial charge is 0.412 e. The van der Waals surface area contributed by atoms with E-state index >= 15 is 0 Å². The maximum Gasteiger partial charge on any atom is 0.412 e. The van der Waals surface area contributed by atoms with Gasteiger partial charge in [0.2, 0.25) is 0 Å². The summed E-state index contributed by atoms with van der Waals surface area (Å²) in [6.07, 6.45) is 12.5. The predicted octanol–water partition coefficient (Wildman–Crippen LogP) is 8.48. The Morgan fingerprint density at radius 3 is 2.55 bits per heavy atom. The number of allylic oxidation sites excluding steroid dienone is 12. The maximum absolute atomic E-state index is 13.5. The van der Waals surface area contributed by atoms with E-state index in [1.807, 2.05) is 25.2 Å². The first-order chi connectivity index (χ1) is 22.3. The first-order valence-corrected chi connectivity index (χ1v) is 16.4. The van der Waals surface area contributed by atoms with Crippen LogP contribution in [0.2, 0.25) is 0 Å². The zero-order chi connectivity index (χ0) is 34.1. The molecular weight excluding hydrogens is 622 g/mol. The van der Waals surface area contributed by atoms with Gasteiger partial charge in [0.25, 0.3) is 0 Å². The first-order valence-electron chi connectivity index (χ1n) is 16.4. The molecule has 5 atom stereocenters. The van der Waals surface area contributed by atoms with Gasteiger partial charge in [0.1, 0.15) is 7.11 Å². The standard InChI is InChI=1S/C36H46F6N2O3/c1-3-34(45,29-11-5-4-6-12-29)16-18-43-17-15-32(28-14-13-26-9-7-8-10-27(26)21-28)33(44-46-2)24-47-23-25-19-30(35(37,38)39)22-31(20-25)36(40,41)42/h5,7-14,22,25,27,30,32,43,45H,3-4,6,15-21,23-24H2,1-2H3/b44-33+. The number of ether oxygens (including phenoxy) is 1. The summed E-state index contributed by atoms with van der Waals surface area (Å²) < 4.78 is 86.6. The van der Waals surface area contributed by atoms with Gasteiger partial charge in [-0.25, -0.2) is 0 Å². The molecule has 260 valence electrons. The Balaban J connectivity index is 1.43. The van der Waals surface area contributed by atoms with Gasteiger partial charge in [0.15, 0.2) is 0 Å². The molecule has 0 saturated carbocycles. The minimum absolute atomic E-state index is 0.0961. The highest BCUT2D eigenvalue weighted by Gasteiger charge is 2.46. The highest BCUT2D eigenvalue weighted by atomic mass is 19.4. The van der Waals surface area contributed by atoms with Crippen molar-refractivity contribution in [1.29, 1.82) is 0 Å². The van der Waals surface area contributed by atoms with Gasteiger partial charge < -0.3 is 20.0 Å². The zero-order valence-electron chi connectivity index (χ0n) is 27.0. The van der Waals surface area contributed by atoms with Gasteiger partial charge in [0.05, 0.1) is 30.4 Å².